The van der Waals surface area contributed by atoms with Gasteiger partial charge in [-0.15, -0.1) is 10.2 Å². The normalized spacial score (nSPS) is 12.2. The lowest BCUT2D eigenvalue weighted by atomic mass is 10.3. The van der Waals surface area contributed by atoms with E-state index in [0.29, 0.717) is 11.5 Å². The lowest BCUT2D eigenvalue weighted by molar-refractivity contribution is 0.126. The predicted molar refractivity (Wildman–Crippen MR) is 76.2 cm³/mol. The highest BCUT2D eigenvalue weighted by molar-refractivity contribution is 7.99. The van der Waals surface area contributed by atoms with Crippen LogP contribution < -0.4 is 9.47 Å². The minimum atomic E-state index is -0.571. The fourth-order valence-electron chi connectivity index (χ4n) is 1.49. The van der Waals surface area contributed by atoms with Crippen LogP contribution in [0.5, 0.6) is 11.5 Å². The van der Waals surface area contributed by atoms with Crippen LogP contribution in [0.2, 0.25) is 0 Å². The first-order chi connectivity index (χ1) is 9.69. The Kier molecular flexibility index (Phi) is 5.25. The van der Waals surface area contributed by atoms with Crippen molar-refractivity contribution >= 4 is 11.8 Å². The molecule has 6 nitrogen and oxygen atoms in total. The van der Waals surface area contributed by atoms with Crippen LogP contribution in [0.3, 0.4) is 0 Å². The van der Waals surface area contributed by atoms with Gasteiger partial charge in [0.1, 0.15) is 24.4 Å². The van der Waals surface area contributed by atoms with E-state index in [1.807, 2.05) is 23.7 Å². The van der Waals surface area contributed by atoms with E-state index in [4.69, 9.17) is 9.47 Å². The minimum absolute atomic E-state index is 0.233. The summed E-state index contributed by atoms with van der Waals surface area (Å²) in [5.41, 5.74) is 0. The molecule has 0 unspecified atom stereocenters. The molecule has 7 heteroatoms. The Hall–Kier alpha value is -1.73. The number of nitrogens with zero attached hydrogens (tertiary/aromatic N) is 3. The summed E-state index contributed by atoms with van der Waals surface area (Å²) >= 11 is 1.44. The van der Waals surface area contributed by atoms with Gasteiger partial charge in [0.05, 0.1) is 13.2 Å². The standard InChI is InChI=1S/C13H17N3O3S/c1-16-9-14-15-13(16)20-8-10(17)7-19-12-5-3-11(18-2)4-6-12/h3-6,9-10,17H,7-8H2,1-2H3/t10-/m1/s1. The van der Waals surface area contributed by atoms with Gasteiger partial charge in [0.2, 0.25) is 0 Å². The molecule has 108 valence electrons. The molecule has 0 bridgehead atoms. The van der Waals surface area contributed by atoms with Crippen molar-refractivity contribution in [2.75, 3.05) is 19.5 Å². The van der Waals surface area contributed by atoms with Gasteiger partial charge in [-0.25, -0.2) is 0 Å². The molecule has 2 aromatic rings. The average Bonchev–Trinajstić information content (AvgIpc) is 2.89. The number of aromatic nitrogens is 3. The lowest BCUT2D eigenvalue weighted by Crippen LogP contribution is -2.20. The Morgan fingerprint density at radius 3 is 2.60 bits per heavy atom. The maximum Gasteiger partial charge on any atom is 0.190 e. The summed E-state index contributed by atoms with van der Waals surface area (Å²) < 4.78 is 12.4. The zero-order chi connectivity index (χ0) is 14.4. The Morgan fingerprint density at radius 2 is 2.00 bits per heavy atom. The molecule has 0 aliphatic heterocycles. The number of rotatable bonds is 7. The lowest BCUT2D eigenvalue weighted by Gasteiger charge is -2.12. The smallest absolute Gasteiger partial charge is 0.190 e. The van der Waals surface area contributed by atoms with Crippen molar-refractivity contribution < 1.29 is 14.6 Å². The van der Waals surface area contributed by atoms with Gasteiger partial charge in [-0.2, -0.15) is 0 Å². The van der Waals surface area contributed by atoms with Crippen molar-refractivity contribution in [3.63, 3.8) is 0 Å². The average molecular weight is 295 g/mol. The molecule has 0 saturated carbocycles. The summed E-state index contributed by atoms with van der Waals surface area (Å²) in [6.45, 7) is 0.233. The molecule has 1 aromatic carbocycles. The van der Waals surface area contributed by atoms with Crippen molar-refractivity contribution in [2.24, 2.45) is 7.05 Å². The van der Waals surface area contributed by atoms with E-state index in [1.165, 1.54) is 11.8 Å². The number of methoxy groups -OCH3 is 1. The van der Waals surface area contributed by atoms with E-state index in [9.17, 15) is 5.11 Å². The van der Waals surface area contributed by atoms with Gasteiger partial charge in [-0.3, -0.25) is 0 Å². The summed E-state index contributed by atoms with van der Waals surface area (Å²) in [5.74, 6) is 1.98. The second kappa shape index (κ2) is 7.16. The molecule has 0 radical (unpaired) electrons. The van der Waals surface area contributed by atoms with Crippen LogP contribution in [0.4, 0.5) is 0 Å². The highest BCUT2D eigenvalue weighted by Gasteiger charge is 2.09. The molecular formula is C13H17N3O3S. The topological polar surface area (TPSA) is 69.4 Å². The first-order valence-electron chi connectivity index (χ1n) is 6.10. The van der Waals surface area contributed by atoms with Crippen LogP contribution in [-0.4, -0.2) is 45.4 Å². The second-order valence-corrected chi connectivity index (χ2v) is 5.16. The fourth-order valence-corrected chi connectivity index (χ4v) is 2.28. The van der Waals surface area contributed by atoms with Crippen molar-refractivity contribution in [1.29, 1.82) is 0 Å². The Morgan fingerprint density at radius 1 is 1.30 bits per heavy atom. The monoisotopic (exact) mass is 295 g/mol. The van der Waals surface area contributed by atoms with Gasteiger partial charge in [-0.1, -0.05) is 11.8 Å². The molecule has 2 rings (SSSR count). The zero-order valence-electron chi connectivity index (χ0n) is 11.4. The summed E-state index contributed by atoms with van der Waals surface area (Å²) in [7, 11) is 3.48. The SMILES string of the molecule is COc1ccc(OC[C@@H](O)CSc2nncn2C)cc1. The third-order valence-electron chi connectivity index (χ3n) is 2.58. The third kappa shape index (κ3) is 4.14. The first kappa shape index (κ1) is 14.7. The number of hydrogen-bond acceptors (Lipinski definition) is 6. The second-order valence-electron chi connectivity index (χ2n) is 4.18. The molecule has 0 spiro atoms. The maximum absolute atomic E-state index is 9.87. The first-order valence-corrected chi connectivity index (χ1v) is 7.09. The number of aryl methyl sites for hydroxylation is 1. The van der Waals surface area contributed by atoms with E-state index >= 15 is 0 Å². The minimum Gasteiger partial charge on any atom is -0.497 e. The molecule has 1 heterocycles. The zero-order valence-corrected chi connectivity index (χ0v) is 12.2. The number of aliphatic hydroxyl groups is 1. The van der Waals surface area contributed by atoms with E-state index in [2.05, 4.69) is 10.2 Å². The number of aliphatic hydroxyl groups excluding tert-OH is 1. The summed E-state index contributed by atoms with van der Waals surface area (Å²) in [6.07, 6.45) is 1.06. The van der Waals surface area contributed by atoms with Gasteiger partial charge >= 0.3 is 0 Å². The summed E-state index contributed by atoms with van der Waals surface area (Å²) in [5, 5.41) is 18.4. The number of benzene rings is 1. The predicted octanol–water partition coefficient (Wildman–Crippen LogP) is 1.36. The molecule has 0 amide bonds. The Labute approximate surface area is 121 Å². The molecule has 1 atom stereocenters. The number of hydrogen-bond donors (Lipinski definition) is 1. The molecular weight excluding hydrogens is 278 g/mol. The molecule has 0 saturated heterocycles. The van der Waals surface area contributed by atoms with Gasteiger partial charge in [0, 0.05) is 12.8 Å². The van der Waals surface area contributed by atoms with Crippen molar-refractivity contribution in [3.05, 3.63) is 30.6 Å². The summed E-state index contributed by atoms with van der Waals surface area (Å²) in [4.78, 5) is 0. The van der Waals surface area contributed by atoms with Gasteiger partial charge < -0.3 is 19.1 Å². The van der Waals surface area contributed by atoms with Crippen molar-refractivity contribution in [2.45, 2.75) is 11.3 Å². The van der Waals surface area contributed by atoms with Crippen molar-refractivity contribution in [1.82, 2.24) is 14.8 Å². The van der Waals surface area contributed by atoms with Crippen LogP contribution in [0.25, 0.3) is 0 Å². The van der Waals surface area contributed by atoms with Crippen molar-refractivity contribution in [3.8, 4) is 11.5 Å². The van der Waals surface area contributed by atoms with E-state index in [0.717, 1.165) is 10.9 Å². The van der Waals surface area contributed by atoms with Gasteiger partial charge in [0.15, 0.2) is 5.16 Å². The van der Waals surface area contributed by atoms with Crippen LogP contribution in [0.1, 0.15) is 0 Å². The molecule has 1 N–H and O–H groups in total. The van der Waals surface area contributed by atoms with Crippen LogP contribution in [0, 0.1) is 0 Å². The molecule has 1 aromatic heterocycles. The largest absolute Gasteiger partial charge is 0.497 e. The molecule has 0 aliphatic rings. The van der Waals surface area contributed by atoms with Crippen LogP contribution in [0.15, 0.2) is 35.7 Å². The van der Waals surface area contributed by atoms with Gasteiger partial charge in [-0.05, 0) is 24.3 Å². The number of ether oxygens (including phenoxy) is 2. The van der Waals surface area contributed by atoms with Crippen LogP contribution >= 0.6 is 11.8 Å². The highest BCUT2D eigenvalue weighted by atomic mass is 32.2. The Balaban J connectivity index is 1.74. The molecule has 20 heavy (non-hydrogen) atoms. The van der Waals surface area contributed by atoms with Gasteiger partial charge in [0.25, 0.3) is 0 Å². The van der Waals surface area contributed by atoms with E-state index in [-0.39, 0.29) is 6.61 Å². The van der Waals surface area contributed by atoms with E-state index < -0.39 is 6.10 Å². The Bertz CT molecular complexity index is 530. The third-order valence-corrected chi connectivity index (χ3v) is 3.76. The van der Waals surface area contributed by atoms with Crippen LogP contribution in [-0.2, 0) is 7.05 Å². The van der Waals surface area contributed by atoms with E-state index in [1.54, 1.807) is 25.6 Å². The summed E-state index contributed by atoms with van der Waals surface area (Å²) in [6, 6.07) is 7.24. The molecule has 0 fully saturated rings. The number of thioether (sulfide) groups is 1. The maximum atomic E-state index is 9.87. The molecule has 0 aliphatic carbocycles. The fraction of sp³-hybridized carbons (Fsp3) is 0.385. The quantitative estimate of drug-likeness (QED) is 0.778. The highest BCUT2D eigenvalue weighted by Crippen LogP contribution is 2.18.